The fourth-order valence-corrected chi connectivity index (χ4v) is 7.43. The predicted octanol–water partition coefficient (Wildman–Crippen LogP) is 6.80. The van der Waals surface area contributed by atoms with E-state index in [9.17, 15) is 19.2 Å². The summed E-state index contributed by atoms with van der Waals surface area (Å²) >= 11 is 0. The van der Waals surface area contributed by atoms with Gasteiger partial charge >= 0.3 is 12.1 Å². The highest BCUT2D eigenvalue weighted by molar-refractivity contribution is 5.94. The highest BCUT2D eigenvalue weighted by atomic mass is 16.6. The molecular weight excluding hydrogens is 670 g/mol. The van der Waals surface area contributed by atoms with E-state index in [-0.39, 0.29) is 49.3 Å². The van der Waals surface area contributed by atoms with Gasteiger partial charge in [0, 0.05) is 25.4 Å². The number of hydrogen-bond donors (Lipinski definition) is 1. The van der Waals surface area contributed by atoms with E-state index < -0.39 is 35.8 Å². The van der Waals surface area contributed by atoms with Crippen LogP contribution in [0.3, 0.4) is 0 Å². The maximum absolute atomic E-state index is 14.4. The molecule has 0 spiro atoms. The molecule has 1 aliphatic carbocycles. The first kappa shape index (κ1) is 37.6. The Balaban J connectivity index is 1.19. The van der Waals surface area contributed by atoms with Crippen molar-refractivity contribution in [1.29, 1.82) is 0 Å². The standard InChI is InChI=1S/C43H51N3O7/c1-42(2,3)52-29-22-20-28(21-23-29)26-37(40(49)53-43(4,5)6)46-24-12-11-18-35(38(47)45-25-13-19-36(45)39(46)48)44-41(50)51-27-34-32-16-9-7-14-30(32)31-15-8-10-17-33(31)34/h7-12,14-17,20-23,34-37H,13,18-19,24-27H2,1-6H3,(H,44,50)/b12-11-/t35-,36-,37-/m0/s1. The molecule has 1 fully saturated rings. The lowest BCUT2D eigenvalue weighted by Crippen LogP contribution is -2.57. The molecule has 0 unspecified atom stereocenters. The summed E-state index contributed by atoms with van der Waals surface area (Å²) in [5.74, 6) is -0.617. The number of carbonyl (C=O) groups is 4. The van der Waals surface area contributed by atoms with Crippen molar-refractivity contribution in [3.63, 3.8) is 0 Å². The lowest BCUT2D eigenvalue weighted by molar-refractivity contribution is -0.165. The molecule has 3 aliphatic rings. The van der Waals surface area contributed by atoms with Gasteiger partial charge in [0.2, 0.25) is 11.8 Å². The molecule has 280 valence electrons. The van der Waals surface area contributed by atoms with E-state index in [4.69, 9.17) is 14.2 Å². The van der Waals surface area contributed by atoms with E-state index in [1.54, 1.807) is 42.7 Å². The van der Waals surface area contributed by atoms with Crippen LogP contribution in [-0.2, 0) is 30.3 Å². The molecule has 2 aliphatic heterocycles. The number of nitrogens with one attached hydrogen (secondary N) is 1. The Morgan fingerprint density at radius 1 is 0.830 bits per heavy atom. The number of carbonyl (C=O) groups excluding carboxylic acids is 4. The molecule has 1 saturated heterocycles. The largest absolute Gasteiger partial charge is 0.488 e. The van der Waals surface area contributed by atoms with Crippen LogP contribution in [0.5, 0.6) is 5.75 Å². The minimum Gasteiger partial charge on any atom is -0.488 e. The van der Waals surface area contributed by atoms with Gasteiger partial charge in [-0.25, -0.2) is 9.59 Å². The van der Waals surface area contributed by atoms with Gasteiger partial charge in [-0.15, -0.1) is 0 Å². The van der Waals surface area contributed by atoms with Gasteiger partial charge in [0.15, 0.2) is 0 Å². The van der Waals surface area contributed by atoms with E-state index in [1.807, 2.05) is 69.3 Å². The lowest BCUT2D eigenvalue weighted by atomic mass is 9.98. The number of alkyl carbamates (subject to hydrolysis) is 1. The van der Waals surface area contributed by atoms with E-state index in [2.05, 4.69) is 29.6 Å². The summed E-state index contributed by atoms with van der Waals surface area (Å²) in [6, 6.07) is 21.1. The number of ether oxygens (including phenoxy) is 3. The maximum Gasteiger partial charge on any atom is 0.407 e. The lowest BCUT2D eigenvalue weighted by Gasteiger charge is -2.37. The Morgan fingerprint density at radius 2 is 1.47 bits per heavy atom. The number of hydrogen-bond acceptors (Lipinski definition) is 7. The zero-order valence-corrected chi connectivity index (χ0v) is 31.6. The monoisotopic (exact) mass is 721 g/mol. The molecule has 3 aromatic rings. The van der Waals surface area contributed by atoms with Gasteiger partial charge in [0.25, 0.3) is 0 Å². The van der Waals surface area contributed by atoms with Gasteiger partial charge in [-0.3, -0.25) is 9.59 Å². The number of esters is 1. The van der Waals surface area contributed by atoms with Crippen molar-refractivity contribution in [3.8, 4) is 16.9 Å². The van der Waals surface area contributed by atoms with Crippen LogP contribution in [0.1, 0.15) is 83.4 Å². The Morgan fingerprint density at radius 3 is 2.09 bits per heavy atom. The topological polar surface area (TPSA) is 114 Å². The zero-order valence-electron chi connectivity index (χ0n) is 31.6. The minimum atomic E-state index is -0.938. The average Bonchev–Trinajstić information content (AvgIpc) is 3.71. The Kier molecular flexibility index (Phi) is 11.0. The minimum absolute atomic E-state index is 0.118. The molecule has 3 atom stereocenters. The second kappa shape index (κ2) is 15.5. The molecule has 0 radical (unpaired) electrons. The molecule has 2 heterocycles. The van der Waals surface area contributed by atoms with Crippen LogP contribution in [-0.4, -0.2) is 82.7 Å². The van der Waals surface area contributed by atoms with Crippen molar-refractivity contribution in [2.75, 3.05) is 19.7 Å². The smallest absolute Gasteiger partial charge is 0.407 e. The molecule has 53 heavy (non-hydrogen) atoms. The van der Waals surface area contributed by atoms with Crippen LogP contribution in [0.2, 0.25) is 0 Å². The quantitative estimate of drug-likeness (QED) is 0.201. The van der Waals surface area contributed by atoms with E-state index in [0.29, 0.717) is 25.1 Å². The van der Waals surface area contributed by atoms with Gasteiger partial charge < -0.3 is 29.3 Å². The first-order valence-corrected chi connectivity index (χ1v) is 18.6. The van der Waals surface area contributed by atoms with Crippen LogP contribution >= 0.6 is 0 Å². The highest BCUT2D eigenvalue weighted by Crippen LogP contribution is 2.44. The summed E-state index contributed by atoms with van der Waals surface area (Å²) in [4.78, 5) is 58.7. The number of fused-ring (bicyclic) bond motifs is 4. The fourth-order valence-electron chi connectivity index (χ4n) is 7.43. The van der Waals surface area contributed by atoms with E-state index in [1.165, 1.54) is 0 Å². The predicted molar refractivity (Wildman–Crippen MR) is 202 cm³/mol. The Bertz CT molecular complexity index is 1810. The second-order valence-electron chi connectivity index (χ2n) is 16.0. The SMILES string of the molecule is CC(C)(C)OC(=O)[C@H](Cc1ccc(OC(C)(C)C)cc1)N1C/C=C\C[C@H](NC(=O)OCC2c3ccccc3-c3ccccc32)C(=O)N2CCC[C@H]2C1=O. The molecule has 10 heteroatoms. The molecule has 1 N–H and O–H groups in total. The first-order valence-electron chi connectivity index (χ1n) is 18.6. The molecule has 3 aromatic carbocycles. The molecule has 10 nitrogen and oxygen atoms in total. The molecular formula is C43H51N3O7. The van der Waals surface area contributed by atoms with Crippen LogP contribution < -0.4 is 10.1 Å². The van der Waals surface area contributed by atoms with Crippen LogP contribution in [0.15, 0.2) is 84.9 Å². The number of benzene rings is 3. The number of nitrogens with zero attached hydrogens (tertiary/aromatic N) is 2. The van der Waals surface area contributed by atoms with Gasteiger partial charge in [0.05, 0.1) is 0 Å². The fraction of sp³-hybridized carbons (Fsp3) is 0.442. The third-order valence-electron chi connectivity index (χ3n) is 9.71. The van der Waals surface area contributed by atoms with E-state index in [0.717, 1.165) is 27.8 Å². The maximum atomic E-state index is 14.4. The summed E-state index contributed by atoms with van der Waals surface area (Å²) in [6.07, 6.45) is 4.34. The summed E-state index contributed by atoms with van der Waals surface area (Å²) in [5, 5.41) is 2.80. The Labute approximate surface area is 312 Å². The summed E-state index contributed by atoms with van der Waals surface area (Å²) < 4.78 is 17.6. The van der Waals surface area contributed by atoms with Gasteiger partial charge in [-0.05, 0) is 101 Å². The molecule has 0 bridgehead atoms. The van der Waals surface area contributed by atoms with Crippen LogP contribution in [0.25, 0.3) is 11.1 Å². The molecule has 3 amide bonds. The third kappa shape index (κ3) is 8.92. The van der Waals surface area contributed by atoms with E-state index >= 15 is 0 Å². The number of rotatable bonds is 8. The normalized spacial score (nSPS) is 20.2. The van der Waals surface area contributed by atoms with Crippen LogP contribution in [0, 0.1) is 0 Å². The average molecular weight is 722 g/mol. The molecule has 0 aromatic heterocycles. The molecule has 0 saturated carbocycles. The second-order valence-corrected chi connectivity index (χ2v) is 16.0. The number of amides is 3. The van der Waals surface area contributed by atoms with Crippen molar-refractivity contribution in [3.05, 3.63) is 102 Å². The van der Waals surface area contributed by atoms with Crippen molar-refractivity contribution in [2.45, 2.75) is 102 Å². The summed E-state index contributed by atoms with van der Waals surface area (Å²) in [7, 11) is 0. The van der Waals surface area contributed by atoms with Gasteiger partial charge in [-0.2, -0.15) is 0 Å². The van der Waals surface area contributed by atoms with Crippen molar-refractivity contribution in [2.24, 2.45) is 0 Å². The first-order chi connectivity index (χ1) is 25.2. The van der Waals surface area contributed by atoms with Gasteiger partial charge in [0.1, 0.15) is 41.7 Å². The zero-order chi connectivity index (χ0) is 37.9. The van der Waals surface area contributed by atoms with Crippen LogP contribution in [0.4, 0.5) is 4.79 Å². The van der Waals surface area contributed by atoms with Gasteiger partial charge in [-0.1, -0.05) is 72.8 Å². The van der Waals surface area contributed by atoms with Crippen molar-refractivity contribution < 1.29 is 33.4 Å². The van der Waals surface area contributed by atoms with Crippen molar-refractivity contribution in [1.82, 2.24) is 15.1 Å². The summed E-state index contributed by atoms with van der Waals surface area (Å²) in [5.41, 5.74) is 4.14. The van der Waals surface area contributed by atoms with Crippen molar-refractivity contribution >= 4 is 23.9 Å². The highest BCUT2D eigenvalue weighted by Gasteiger charge is 2.43. The third-order valence-corrected chi connectivity index (χ3v) is 9.71. The summed E-state index contributed by atoms with van der Waals surface area (Å²) in [6.45, 7) is 11.9. The Hall–Kier alpha value is -5.12. The molecule has 6 rings (SSSR count).